The maximum Gasteiger partial charge on any atom is 0.471 e. The van der Waals surface area contributed by atoms with Crippen LogP contribution in [0, 0.1) is 0 Å². The maximum atomic E-state index is 13.1. The lowest BCUT2D eigenvalue weighted by Crippen LogP contribution is -2.48. The van der Waals surface area contributed by atoms with Crippen molar-refractivity contribution in [3.63, 3.8) is 0 Å². The number of nitrogens with one attached hydrogen (secondary N) is 1. The van der Waals surface area contributed by atoms with Crippen LogP contribution in [0.5, 0.6) is 0 Å². The van der Waals surface area contributed by atoms with Gasteiger partial charge in [0.1, 0.15) is 6.04 Å². The van der Waals surface area contributed by atoms with E-state index in [9.17, 15) is 27.9 Å². The van der Waals surface area contributed by atoms with Crippen molar-refractivity contribution < 1.29 is 37.3 Å². The van der Waals surface area contributed by atoms with Crippen molar-refractivity contribution in [2.24, 2.45) is 0 Å². The van der Waals surface area contributed by atoms with Gasteiger partial charge in [-0.15, -0.1) is 11.3 Å². The van der Waals surface area contributed by atoms with Crippen molar-refractivity contribution in [1.29, 1.82) is 0 Å². The second-order valence-corrected chi connectivity index (χ2v) is 13.2. The molecular formula is C32H30F3N3O5S2. The number of aliphatic hydroxyl groups is 1. The molecule has 0 unspecified atom stereocenters. The minimum atomic E-state index is -5.05. The topological polar surface area (TPSA) is 101 Å². The number of carbonyl (C=O) groups is 2. The molecule has 2 N–H and O–H groups in total. The molecule has 0 saturated carbocycles. The number of hydrogen-bond donors (Lipinski definition) is 2. The van der Waals surface area contributed by atoms with Gasteiger partial charge in [-0.2, -0.15) is 13.2 Å². The van der Waals surface area contributed by atoms with Gasteiger partial charge in [-0.25, -0.2) is 4.98 Å². The van der Waals surface area contributed by atoms with Crippen LogP contribution in [-0.4, -0.2) is 57.4 Å². The monoisotopic (exact) mass is 657 g/mol. The number of ether oxygens (including phenoxy) is 2. The Balaban J connectivity index is 1.19. The van der Waals surface area contributed by atoms with Gasteiger partial charge in [0.05, 0.1) is 29.0 Å². The molecule has 2 amide bonds. The molecule has 8 nitrogen and oxygen atoms in total. The van der Waals surface area contributed by atoms with Gasteiger partial charge in [0.2, 0.25) is 5.91 Å². The highest BCUT2D eigenvalue weighted by Gasteiger charge is 2.47. The van der Waals surface area contributed by atoms with E-state index < -0.39 is 30.3 Å². The summed E-state index contributed by atoms with van der Waals surface area (Å²) in [4.78, 5) is 30.2. The van der Waals surface area contributed by atoms with Crippen molar-refractivity contribution >= 4 is 50.8 Å². The van der Waals surface area contributed by atoms with Crippen LogP contribution in [0.1, 0.15) is 48.3 Å². The summed E-state index contributed by atoms with van der Waals surface area (Å²) in [6.45, 7) is -0.197. The molecule has 4 aromatic rings. The summed E-state index contributed by atoms with van der Waals surface area (Å²) in [6, 6.07) is 21.1. The molecule has 4 atom stereocenters. The lowest BCUT2D eigenvalue weighted by atomic mass is 10.0. The Kier molecular flexibility index (Phi) is 9.43. The fourth-order valence-corrected chi connectivity index (χ4v) is 7.65. The van der Waals surface area contributed by atoms with Crippen LogP contribution in [0.25, 0.3) is 10.2 Å². The molecule has 6 rings (SSSR count). The predicted octanol–water partition coefficient (Wildman–Crippen LogP) is 6.62. The first-order valence-electron chi connectivity index (χ1n) is 14.5. The Hall–Kier alpha value is -3.49. The number of halogens is 3. The van der Waals surface area contributed by atoms with Crippen molar-refractivity contribution in [3.05, 3.63) is 89.5 Å². The maximum absolute atomic E-state index is 13.1. The lowest BCUT2D eigenvalue weighted by Gasteiger charge is -2.36. The Morgan fingerprint density at radius 1 is 1.04 bits per heavy atom. The van der Waals surface area contributed by atoms with E-state index in [1.165, 1.54) is 0 Å². The molecule has 45 heavy (non-hydrogen) atoms. The van der Waals surface area contributed by atoms with Gasteiger partial charge in [0.25, 0.3) is 0 Å². The number of benzene rings is 3. The average molecular weight is 658 g/mol. The van der Waals surface area contributed by atoms with Crippen LogP contribution >= 0.6 is 23.1 Å². The number of thiazole rings is 1. The molecule has 3 aromatic carbocycles. The Morgan fingerprint density at radius 3 is 2.60 bits per heavy atom. The van der Waals surface area contributed by atoms with Gasteiger partial charge in [-0.3, -0.25) is 9.59 Å². The predicted molar refractivity (Wildman–Crippen MR) is 165 cm³/mol. The second-order valence-electron chi connectivity index (χ2n) is 10.9. The minimum Gasteiger partial charge on any atom is -0.392 e. The van der Waals surface area contributed by atoms with Crippen LogP contribution in [0.3, 0.4) is 0 Å². The zero-order valence-electron chi connectivity index (χ0n) is 23.9. The number of carbonyl (C=O) groups excluding carboxylic acids is 2. The number of hydrogen-bond acceptors (Lipinski definition) is 8. The number of thioether (sulfide) groups is 1. The highest BCUT2D eigenvalue weighted by Crippen LogP contribution is 2.41. The zero-order valence-corrected chi connectivity index (χ0v) is 25.5. The molecule has 0 bridgehead atoms. The molecule has 3 heterocycles. The fraction of sp³-hybridized carbons (Fsp3) is 0.344. The van der Waals surface area contributed by atoms with Crippen LogP contribution in [-0.2, 0) is 25.7 Å². The number of aromatic nitrogens is 1. The number of rotatable bonds is 8. The number of aliphatic hydroxyl groups excluding tert-OH is 1. The highest BCUT2D eigenvalue weighted by molar-refractivity contribution is 8.01. The number of fused-ring (bicyclic) bond motifs is 1. The quantitative estimate of drug-likeness (QED) is 0.206. The molecule has 2 aliphatic heterocycles. The summed E-state index contributed by atoms with van der Waals surface area (Å²) in [5.41, 5.74) is 3.63. The molecular weight excluding hydrogens is 627 g/mol. The summed E-state index contributed by atoms with van der Waals surface area (Å²) in [7, 11) is 0. The van der Waals surface area contributed by atoms with Crippen LogP contribution in [0.15, 0.2) is 77.1 Å². The van der Waals surface area contributed by atoms with E-state index in [4.69, 9.17) is 14.5 Å². The average Bonchev–Trinajstić information content (AvgIpc) is 3.70. The van der Waals surface area contributed by atoms with E-state index in [0.29, 0.717) is 34.7 Å². The van der Waals surface area contributed by atoms with Gasteiger partial charge in [0, 0.05) is 30.0 Å². The first-order valence-corrected chi connectivity index (χ1v) is 16.3. The Bertz CT molecular complexity index is 1630. The normalized spacial score (nSPS) is 22.1. The van der Waals surface area contributed by atoms with Crippen LogP contribution in [0.4, 0.5) is 18.9 Å². The first kappa shape index (κ1) is 31.5. The fourth-order valence-electron chi connectivity index (χ4n) is 5.53. The Morgan fingerprint density at radius 2 is 1.84 bits per heavy atom. The molecule has 13 heteroatoms. The first-order chi connectivity index (χ1) is 21.7. The number of anilines is 1. The second kappa shape index (κ2) is 13.5. The number of likely N-dealkylation sites (tertiary alicyclic amines) is 1. The molecule has 2 fully saturated rings. The van der Waals surface area contributed by atoms with Crippen LogP contribution in [0.2, 0.25) is 0 Å². The van der Waals surface area contributed by atoms with Crippen molar-refractivity contribution in [1.82, 2.24) is 9.88 Å². The summed E-state index contributed by atoms with van der Waals surface area (Å²) >= 11 is 3.23. The van der Waals surface area contributed by atoms with E-state index in [1.807, 2.05) is 48.5 Å². The zero-order chi connectivity index (χ0) is 31.6. The smallest absolute Gasteiger partial charge is 0.392 e. The van der Waals surface area contributed by atoms with E-state index in [1.54, 1.807) is 47.4 Å². The standard InChI is InChI=1S/C32H30F3N3O5S2/c33-32(34,35)30(41)38-14-4-8-25(38)28(40)36-22-6-3-5-21(15-22)29-42-23(16-26(43-29)20-12-10-19(17-39)11-13-20)18-44-31-37-24-7-1-2-9-27(24)45-31/h1-3,5-7,9-13,15,23,25-26,29,39H,4,8,14,16-18H2,(H,36,40)/t23-,25+,26+,29+/m1/s1. The Labute approximate surface area is 265 Å². The molecule has 0 aliphatic carbocycles. The van der Waals surface area contributed by atoms with E-state index >= 15 is 0 Å². The van der Waals surface area contributed by atoms with Gasteiger partial charge in [-0.1, -0.05) is 60.3 Å². The summed E-state index contributed by atoms with van der Waals surface area (Å²) in [5, 5.41) is 12.2. The van der Waals surface area contributed by atoms with E-state index in [2.05, 4.69) is 5.32 Å². The molecule has 0 radical (unpaired) electrons. The number of amides is 2. The van der Waals surface area contributed by atoms with Crippen LogP contribution < -0.4 is 5.32 Å². The number of nitrogens with zero attached hydrogens (tertiary/aromatic N) is 2. The van der Waals surface area contributed by atoms with E-state index in [0.717, 1.165) is 25.7 Å². The largest absolute Gasteiger partial charge is 0.471 e. The third kappa shape index (κ3) is 7.33. The third-order valence-corrected chi connectivity index (χ3v) is 10.1. The highest BCUT2D eigenvalue weighted by atomic mass is 32.2. The van der Waals surface area contributed by atoms with Gasteiger partial charge < -0.3 is 24.8 Å². The molecule has 236 valence electrons. The summed E-state index contributed by atoms with van der Waals surface area (Å²) < 4.78 is 54.1. The molecule has 2 aliphatic rings. The molecule has 1 aromatic heterocycles. The SMILES string of the molecule is O=C(Nc1cccc([C@H]2O[C@@H](CSc3nc4ccccc4s3)C[C@@H](c3ccc(CO)cc3)O2)c1)[C@@H]1CCCN1C(=O)C(F)(F)F. The third-order valence-electron chi connectivity index (χ3n) is 7.77. The lowest BCUT2D eigenvalue weighted by molar-refractivity contribution is -0.245. The van der Waals surface area contributed by atoms with Gasteiger partial charge >= 0.3 is 12.1 Å². The van der Waals surface area contributed by atoms with Crippen molar-refractivity contribution in [3.8, 4) is 0 Å². The molecule has 0 spiro atoms. The van der Waals surface area contributed by atoms with Gasteiger partial charge in [-0.05, 0) is 48.2 Å². The van der Waals surface area contributed by atoms with Crippen molar-refractivity contribution in [2.45, 2.75) is 60.9 Å². The summed E-state index contributed by atoms with van der Waals surface area (Å²) in [6.07, 6.45) is -5.36. The summed E-state index contributed by atoms with van der Waals surface area (Å²) in [5.74, 6) is -2.07. The number of alkyl halides is 3. The van der Waals surface area contributed by atoms with E-state index in [-0.39, 0.29) is 31.8 Å². The van der Waals surface area contributed by atoms with Gasteiger partial charge in [0.15, 0.2) is 10.6 Å². The molecule has 2 saturated heterocycles. The number of para-hydroxylation sites is 1. The minimum absolute atomic E-state index is 0.0690. The van der Waals surface area contributed by atoms with Crippen molar-refractivity contribution in [2.75, 3.05) is 17.6 Å².